The van der Waals surface area contributed by atoms with Gasteiger partial charge in [0.25, 0.3) is 5.70 Å². The van der Waals surface area contributed by atoms with E-state index in [9.17, 15) is 15.2 Å². The lowest BCUT2D eigenvalue weighted by molar-refractivity contribution is -0.427. The number of hydrogen-bond donors (Lipinski definition) is 1. The lowest BCUT2D eigenvalue weighted by atomic mass is 10.0. The average molecular weight is 381 g/mol. The van der Waals surface area contributed by atoms with Gasteiger partial charge in [-0.15, -0.1) is 0 Å². The van der Waals surface area contributed by atoms with Crippen LogP contribution in [-0.4, -0.2) is 51.7 Å². The molecular weight excluding hydrogens is 358 g/mol. The maximum atomic E-state index is 11.6. The van der Waals surface area contributed by atoms with E-state index in [1.807, 2.05) is 11.8 Å². The number of rotatable bonds is 1. The number of thioether (sulfide) groups is 1. The molecule has 8 nitrogen and oxygen atoms in total. The maximum Gasteiger partial charge on any atom is 0.264 e. The van der Waals surface area contributed by atoms with Crippen molar-refractivity contribution >= 4 is 16.9 Å². The van der Waals surface area contributed by atoms with Crippen LogP contribution >= 0.6 is 11.8 Å². The van der Waals surface area contributed by atoms with E-state index in [-0.39, 0.29) is 33.9 Å². The van der Waals surface area contributed by atoms with Crippen molar-refractivity contribution in [3.8, 4) is 0 Å². The van der Waals surface area contributed by atoms with Gasteiger partial charge in [0.2, 0.25) is 5.88 Å². The number of piperidine rings is 1. The van der Waals surface area contributed by atoms with E-state index in [4.69, 9.17) is 12.2 Å². The second-order valence-corrected chi connectivity index (χ2v) is 7.73. The molecule has 0 aromatic heterocycles. The number of fused-ring (bicyclic) bond motifs is 1. The highest BCUT2D eigenvalue weighted by atomic mass is 32.2. The number of aliphatic imine (C=N–C) groups is 1. The molecule has 1 spiro atoms. The molecule has 0 aromatic rings. The molecule has 1 N–H and O–H groups in total. The minimum atomic E-state index is -1.24. The predicted molar refractivity (Wildman–Crippen MR) is 97.1 cm³/mol. The van der Waals surface area contributed by atoms with Crippen molar-refractivity contribution in [3.63, 3.8) is 0 Å². The largest absolute Gasteiger partial charge is 0.493 e. The Morgan fingerprint density at radius 2 is 2.31 bits per heavy atom. The zero-order valence-electron chi connectivity index (χ0n) is 16.5. The third-order valence-corrected chi connectivity index (χ3v) is 5.89. The van der Waals surface area contributed by atoms with Gasteiger partial charge in [-0.1, -0.05) is 5.57 Å². The van der Waals surface area contributed by atoms with Crippen LogP contribution in [0.4, 0.5) is 0 Å². The van der Waals surface area contributed by atoms with Crippen LogP contribution in [-0.2, 0) is 9.47 Å². The Balaban J connectivity index is 1.63. The van der Waals surface area contributed by atoms with Gasteiger partial charge < -0.3 is 19.5 Å². The van der Waals surface area contributed by atoms with Crippen LogP contribution in [0, 0.1) is 10.1 Å². The fourth-order valence-electron chi connectivity index (χ4n) is 3.49. The van der Waals surface area contributed by atoms with Gasteiger partial charge in [0.1, 0.15) is 4.91 Å². The molecule has 0 amide bonds. The summed E-state index contributed by atoms with van der Waals surface area (Å²) in [7, 11) is 0. The molecule has 2 fully saturated rings. The normalized spacial score (nSPS) is 32.5. The first kappa shape index (κ1) is 15.2. The lowest BCUT2D eigenvalue weighted by Crippen LogP contribution is -2.47. The summed E-state index contributed by atoms with van der Waals surface area (Å²) in [4.78, 5) is 17.3. The molecule has 0 bridgehead atoms. The molecule has 2 atom stereocenters. The van der Waals surface area contributed by atoms with Crippen LogP contribution in [0.15, 0.2) is 38.7 Å². The van der Waals surface area contributed by atoms with Gasteiger partial charge in [-0.2, -0.15) is 4.99 Å². The molecule has 4 aliphatic rings. The summed E-state index contributed by atoms with van der Waals surface area (Å²) in [5.41, 5.74) is -0.0655. The summed E-state index contributed by atoms with van der Waals surface area (Å²) >= 11 is 1.04. The summed E-state index contributed by atoms with van der Waals surface area (Å²) in [6, 6.07) is -0.0762. The van der Waals surface area contributed by atoms with Crippen molar-refractivity contribution in [3.05, 3.63) is 43.8 Å². The third-order valence-electron chi connectivity index (χ3n) is 4.74. The van der Waals surface area contributed by atoms with E-state index >= 15 is 0 Å². The van der Waals surface area contributed by atoms with Crippen LogP contribution in [0.25, 0.3) is 0 Å². The molecule has 140 valence electrons. The Hall–Kier alpha value is -1.84. The van der Waals surface area contributed by atoms with Crippen LogP contribution in [0.5, 0.6) is 0 Å². The molecule has 2 saturated heterocycles. The summed E-state index contributed by atoms with van der Waals surface area (Å²) in [5, 5.41) is 22.5. The first-order chi connectivity index (χ1) is 13.2. The van der Waals surface area contributed by atoms with Crippen LogP contribution in [0.2, 0.25) is 0 Å². The van der Waals surface area contributed by atoms with Crippen molar-refractivity contribution < 1.29 is 22.2 Å². The highest BCUT2D eigenvalue weighted by Crippen LogP contribution is 2.43. The SMILES string of the molecule is [2H]C1=C(C)C([2H])C([N+](=O)[O-])=C2SC(N3CCC4(CC3)OCC(C)O4)=NC(O)=C12. The molecule has 1 aliphatic carbocycles. The quantitative estimate of drug-likeness (QED) is 0.551. The Bertz CT molecular complexity index is 861. The van der Waals surface area contributed by atoms with E-state index in [1.165, 1.54) is 6.92 Å². The number of nitro groups is 1. The third kappa shape index (κ3) is 3.04. The van der Waals surface area contributed by atoms with Gasteiger partial charge in [0.15, 0.2) is 11.0 Å². The van der Waals surface area contributed by atoms with E-state index < -0.39 is 23.0 Å². The van der Waals surface area contributed by atoms with Crippen molar-refractivity contribution in [1.29, 1.82) is 0 Å². The van der Waals surface area contributed by atoms with E-state index in [2.05, 4.69) is 4.99 Å². The Labute approximate surface area is 158 Å². The molecule has 4 rings (SSSR count). The summed E-state index contributed by atoms with van der Waals surface area (Å²) < 4.78 is 28.1. The minimum absolute atomic E-state index is 0.0335. The van der Waals surface area contributed by atoms with E-state index in [1.54, 1.807) is 0 Å². The lowest BCUT2D eigenvalue weighted by Gasteiger charge is -2.39. The molecule has 0 aromatic carbocycles. The number of ether oxygens (including phenoxy) is 2. The second-order valence-electron chi connectivity index (χ2n) is 6.76. The molecule has 0 saturated carbocycles. The number of aliphatic hydroxyl groups excluding tert-OH is 1. The van der Waals surface area contributed by atoms with Gasteiger partial charge >= 0.3 is 0 Å². The first-order valence-corrected chi connectivity index (χ1v) is 9.29. The van der Waals surface area contributed by atoms with Gasteiger partial charge in [0, 0.05) is 27.3 Å². The van der Waals surface area contributed by atoms with Gasteiger partial charge in [0.05, 0.1) is 31.0 Å². The fraction of sp³-hybridized carbons (Fsp3) is 0.588. The van der Waals surface area contributed by atoms with Crippen LogP contribution in [0.1, 0.15) is 35.8 Å². The van der Waals surface area contributed by atoms with E-state index in [0.717, 1.165) is 11.8 Å². The Kier molecular flexibility index (Phi) is 3.75. The molecule has 3 heterocycles. The number of nitrogens with zero attached hydrogens (tertiary/aromatic N) is 3. The number of hydrogen-bond acceptors (Lipinski definition) is 8. The van der Waals surface area contributed by atoms with Crippen molar-refractivity contribution in [1.82, 2.24) is 4.90 Å². The topological polar surface area (TPSA) is 97.4 Å². The Morgan fingerprint density at radius 1 is 1.58 bits per heavy atom. The van der Waals surface area contributed by atoms with Gasteiger partial charge in [-0.3, -0.25) is 10.1 Å². The summed E-state index contributed by atoms with van der Waals surface area (Å²) in [6.07, 6.45) is 0.0579. The highest BCUT2D eigenvalue weighted by molar-refractivity contribution is 8.17. The second kappa shape index (κ2) is 6.40. The van der Waals surface area contributed by atoms with Crippen molar-refractivity contribution in [2.75, 3.05) is 19.7 Å². The van der Waals surface area contributed by atoms with Gasteiger partial charge in [-0.25, -0.2) is 0 Å². The minimum Gasteiger partial charge on any atom is -0.493 e. The zero-order chi connectivity index (χ0) is 20.2. The molecular formula is C17H21N3O5S. The number of likely N-dealkylation sites (tertiary alicyclic amines) is 1. The number of amidine groups is 1. The Morgan fingerprint density at radius 3 is 2.92 bits per heavy atom. The smallest absolute Gasteiger partial charge is 0.264 e. The van der Waals surface area contributed by atoms with Crippen molar-refractivity contribution in [2.45, 2.75) is 45.0 Å². The fourth-order valence-corrected chi connectivity index (χ4v) is 4.59. The van der Waals surface area contributed by atoms with Crippen LogP contribution in [0.3, 0.4) is 0 Å². The molecule has 26 heavy (non-hydrogen) atoms. The van der Waals surface area contributed by atoms with Crippen LogP contribution < -0.4 is 0 Å². The van der Waals surface area contributed by atoms with Crippen molar-refractivity contribution in [2.24, 2.45) is 4.99 Å². The van der Waals surface area contributed by atoms with E-state index in [0.29, 0.717) is 37.7 Å². The zero-order valence-corrected chi connectivity index (χ0v) is 15.3. The number of allylic oxidation sites excluding steroid dienone is 3. The first-order valence-electron chi connectivity index (χ1n) is 9.55. The standard InChI is InChI=1S/C17H21N3O5S/c1-10-7-12-14(13(8-10)20(22)23)26-16(18-15(12)21)19-5-3-17(4-6-19)24-9-11(2)25-17/h7,11,21H,3-6,8-9H2,1-2H3/i7D,8D. The summed E-state index contributed by atoms with van der Waals surface area (Å²) in [5.74, 6) is -1.00. The highest BCUT2D eigenvalue weighted by Gasteiger charge is 2.44. The maximum absolute atomic E-state index is 11.6. The average Bonchev–Trinajstić information content (AvgIpc) is 3.00. The molecule has 2 unspecified atom stereocenters. The molecule has 3 aliphatic heterocycles. The van der Waals surface area contributed by atoms with Gasteiger partial charge in [-0.05, 0) is 31.7 Å². The molecule has 0 radical (unpaired) electrons. The monoisotopic (exact) mass is 381 g/mol. The predicted octanol–water partition coefficient (Wildman–Crippen LogP) is 2.92. The molecule has 9 heteroatoms. The summed E-state index contributed by atoms with van der Waals surface area (Å²) in [6.45, 7) is 5.15. The number of aliphatic hydroxyl groups is 1.